The van der Waals surface area contributed by atoms with Crippen LogP contribution in [0.3, 0.4) is 0 Å². The first-order chi connectivity index (χ1) is 15.4. The first kappa shape index (κ1) is 21.5. The zero-order valence-corrected chi connectivity index (χ0v) is 17.8. The third kappa shape index (κ3) is 4.96. The third-order valence-corrected chi connectivity index (χ3v) is 5.21. The van der Waals surface area contributed by atoms with E-state index in [4.69, 9.17) is 32.7 Å². The van der Waals surface area contributed by atoms with Gasteiger partial charge in [-0.25, -0.2) is 9.79 Å². The fourth-order valence-corrected chi connectivity index (χ4v) is 3.25. The number of ether oxygens (including phenoxy) is 2. The quantitative estimate of drug-likeness (QED) is 0.196. The van der Waals surface area contributed by atoms with Gasteiger partial charge in [0.2, 0.25) is 5.90 Å². The first-order valence-corrected chi connectivity index (χ1v) is 10.1. The van der Waals surface area contributed by atoms with Crippen LogP contribution < -0.4 is 4.74 Å². The fraction of sp³-hybridized carbons (Fsp3) is 0.0435. The second kappa shape index (κ2) is 9.21. The van der Waals surface area contributed by atoms with Crippen molar-refractivity contribution in [3.8, 4) is 5.75 Å². The molecule has 3 aromatic carbocycles. The second-order valence-electron chi connectivity index (χ2n) is 6.75. The molecule has 0 aromatic heterocycles. The number of nitrogens with zero attached hydrogens (tertiary/aromatic N) is 2. The third-order valence-electron chi connectivity index (χ3n) is 4.48. The zero-order chi connectivity index (χ0) is 22.7. The number of hydrogen-bond acceptors (Lipinski definition) is 6. The van der Waals surface area contributed by atoms with E-state index >= 15 is 0 Å². The van der Waals surface area contributed by atoms with Gasteiger partial charge in [0.05, 0.1) is 15.0 Å². The van der Waals surface area contributed by atoms with Crippen molar-refractivity contribution in [2.45, 2.75) is 6.61 Å². The summed E-state index contributed by atoms with van der Waals surface area (Å²) in [6.07, 6.45) is 1.55. The van der Waals surface area contributed by atoms with Crippen molar-refractivity contribution in [2.75, 3.05) is 0 Å². The molecule has 1 aliphatic rings. The molecule has 160 valence electrons. The molecule has 4 rings (SSSR count). The van der Waals surface area contributed by atoms with Crippen molar-refractivity contribution < 1.29 is 19.2 Å². The van der Waals surface area contributed by atoms with E-state index in [-0.39, 0.29) is 23.9 Å². The maximum Gasteiger partial charge on any atom is 0.363 e. The Labute approximate surface area is 192 Å². The molecule has 1 heterocycles. The monoisotopic (exact) mass is 468 g/mol. The number of aliphatic imine (C=N–C) groups is 1. The van der Waals surface area contributed by atoms with Crippen LogP contribution >= 0.6 is 23.2 Å². The minimum Gasteiger partial charge on any atom is -0.489 e. The van der Waals surface area contributed by atoms with E-state index < -0.39 is 10.9 Å². The number of nitro benzene ring substituents is 1. The lowest BCUT2D eigenvalue weighted by Gasteiger charge is -2.08. The van der Waals surface area contributed by atoms with Crippen LogP contribution in [0.25, 0.3) is 6.08 Å². The number of cyclic esters (lactones) is 1. The smallest absolute Gasteiger partial charge is 0.363 e. The molecule has 1 aliphatic heterocycles. The summed E-state index contributed by atoms with van der Waals surface area (Å²) in [5.74, 6) is -0.0507. The van der Waals surface area contributed by atoms with Crippen LogP contribution in [-0.2, 0) is 16.1 Å². The lowest BCUT2D eigenvalue weighted by atomic mass is 10.2. The van der Waals surface area contributed by atoms with Crippen LogP contribution in [0.2, 0.25) is 10.0 Å². The van der Waals surface area contributed by atoms with Crippen molar-refractivity contribution in [1.29, 1.82) is 0 Å². The van der Waals surface area contributed by atoms with Gasteiger partial charge in [-0.05, 0) is 47.5 Å². The molecule has 32 heavy (non-hydrogen) atoms. The van der Waals surface area contributed by atoms with E-state index in [2.05, 4.69) is 4.99 Å². The Kier molecular flexibility index (Phi) is 6.20. The Morgan fingerprint density at radius 1 is 1.03 bits per heavy atom. The molecular weight excluding hydrogens is 455 g/mol. The molecule has 0 saturated heterocycles. The van der Waals surface area contributed by atoms with Gasteiger partial charge in [-0.3, -0.25) is 10.1 Å². The molecule has 0 aliphatic carbocycles. The molecule has 0 bridgehead atoms. The molecule has 9 heteroatoms. The number of halogens is 2. The van der Waals surface area contributed by atoms with Crippen LogP contribution in [0.4, 0.5) is 5.69 Å². The van der Waals surface area contributed by atoms with E-state index in [0.29, 0.717) is 26.9 Å². The number of benzene rings is 3. The maximum absolute atomic E-state index is 12.2. The topological polar surface area (TPSA) is 91.0 Å². The highest BCUT2D eigenvalue weighted by Crippen LogP contribution is 2.25. The average Bonchev–Trinajstić information content (AvgIpc) is 3.15. The Morgan fingerprint density at radius 3 is 2.62 bits per heavy atom. The lowest BCUT2D eigenvalue weighted by molar-refractivity contribution is -0.384. The predicted octanol–water partition coefficient (Wildman–Crippen LogP) is 5.83. The highest BCUT2D eigenvalue weighted by molar-refractivity contribution is 6.42. The Bertz CT molecular complexity index is 1290. The van der Waals surface area contributed by atoms with Gasteiger partial charge in [-0.1, -0.05) is 47.5 Å². The molecule has 3 aromatic rings. The van der Waals surface area contributed by atoms with Crippen molar-refractivity contribution >= 4 is 46.8 Å². The SMILES string of the molecule is O=C1OC(c2cccc([N+](=O)[O-])c2)=N/C1=C\c1cccc(OCc2ccc(Cl)c(Cl)c2)c1. The molecule has 0 unspecified atom stereocenters. The van der Waals surface area contributed by atoms with Crippen LogP contribution in [-0.4, -0.2) is 16.8 Å². The number of non-ortho nitro benzene ring substituents is 1. The van der Waals surface area contributed by atoms with E-state index in [9.17, 15) is 14.9 Å². The number of carbonyl (C=O) groups excluding carboxylic acids is 1. The fourth-order valence-electron chi connectivity index (χ4n) is 2.93. The Balaban J connectivity index is 1.52. The number of esters is 1. The second-order valence-corrected chi connectivity index (χ2v) is 7.57. The molecule has 0 fully saturated rings. The summed E-state index contributed by atoms with van der Waals surface area (Å²) in [7, 11) is 0. The maximum atomic E-state index is 12.2. The largest absolute Gasteiger partial charge is 0.489 e. The van der Waals surface area contributed by atoms with E-state index in [1.165, 1.54) is 18.2 Å². The molecular formula is C23H14Cl2N2O5. The summed E-state index contributed by atoms with van der Waals surface area (Å²) in [5.41, 5.74) is 1.83. The van der Waals surface area contributed by atoms with E-state index in [1.807, 2.05) is 6.07 Å². The molecule has 0 radical (unpaired) electrons. The Morgan fingerprint density at radius 2 is 1.84 bits per heavy atom. The van der Waals surface area contributed by atoms with Crippen molar-refractivity contribution in [3.63, 3.8) is 0 Å². The molecule has 0 saturated carbocycles. The van der Waals surface area contributed by atoms with E-state index in [1.54, 1.807) is 48.5 Å². The Hall–Kier alpha value is -3.68. The number of nitro groups is 1. The molecule has 0 amide bonds. The van der Waals surface area contributed by atoms with Gasteiger partial charge in [-0.15, -0.1) is 0 Å². The highest BCUT2D eigenvalue weighted by Gasteiger charge is 2.25. The molecule has 0 N–H and O–H groups in total. The summed E-state index contributed by atoms with van der Waals surface area (Å²) in [6, 6.07) is 18.1. The molecule has 0 spiro atoms. The summed E-state index contributed by atoms with van der Waals surface area (Å²) < 4.78 is 11.0. The number of rotatable bonds is 6. The van der Waals surface area contributed by atoms with Crippen molar-refractivity contribution in [2.24, 2.45) is 4.99 Å². The van der Waals surface area contributed by atoms with Gasteiger partial charge in [-0.2, -0.15) is 0 Å². The van der Waals surface area contributed by atoms with Gasteiger partial charge in [0.15, 0.2) is 5.70 Å². The van der Waals surface area contributed by atoms with Gasteiger partial charge in [0.1, 0.15) is 12.4 Å². The van der Waals surface area contributed by atoms with Crippen LogP contribution in [0.1, 0.15) is 16.7 Å². The van der Waals surface area contributed by atoms with Crippen molar-refractivity contribution in [3.05, 3.63) is 109 Å². The standard InChI is InChI=1S/C23H14Cl2N2O5/c24-19-8-7-15(10-20(19)25)13-31-18-6-1-3-14(9-18)11-21-23(28)32-22(26-21)16-4-2-5-17(12-16)27(29)30/h1-12H,13H2/b21-11-. The highest BCUT2D eigenvalue weighted by atomic mass is 35.5. The van der Waals surface area contributed by atoms with Gasteiger partial charge in [0, 0.05) is 17.7 Å². The average molecular weight is 469 g/mol. The molecule has 0 atom stereocenters. The first-order valence-electron chi connectivity index (χ1n) is 9.33. The molecule has 7 nitrogen and oxygen atoms in total. The van der Waals surface area contributed by atoms with Crippen LogP contribution in [0.15, 0.2) is 77.4 Å². The number of hydrogen-bond donors (Lipinski definition) is 0. The van der Waals surface area contributed by atoms with Crippen molar-refractivity contribution in [1.82, 2.24) is 0 Å². The zero-order valence-electron chi connectivity index (χ0n) is 16.3. The van der Waals surface area contributed by atoms with Crippen LogP contribution in [0, 0.1) is 10.1 Å². The summed E-state index contributed by atoms with van der Waals surface area (Å²) >= 11 is 11.9. The lowest BCUT2D eigenvalue weighted by Crippen LogP contribution is -2.05. The summed E-state index contributed by atoms with van der Waals surface area (Å²) in [4.78, 5) is 26.9. The van der Waals surface area contributed by atoms with Crippen LogP contribution in [0.5, 0.6) is 5.75 Å². The number of carbonyl (C=O) groups is 1. The summed E-state index contributed by atoms with van der Waals surface area (Å²) in [6.45, 7) is 0.286. The van der Waals surface area contributed by atoms with Gasteiger partial charge >= 0.3 is 5.97 Å². The van der Waals surface area contributed by atoms with Gasteiger partial charge < -0.3 is 9.47 Å². The normalized spacial score (nSPS) is 14.2. The minimum atomic E-state index is -0.645. The van der Waals surface area contributed by atoms with E-state index in [0.717, 1.165) is 5.56 Å². The predicted molar refractivity (Wildman–Crippen MR) is 121 cm³/mol. The van der Waals surface area contributed by atoms with Gasteiger partial charge in [0.25, 0.3) is 5.69 Å². The summed E-state index contributed by atoms with van der Waals surface area (Å²) in [5, 5.41) is 11.9. The minimum absolute atomic E-state index is 0.0111.